The first-order chi connectivity index (χ1) is 7.83. The fraction of sp³-hybridized carbons (Fsp3) is 0.636. The molecule has 0 saturated carbocycles. The molecular weight excluding hydrogens is 245 g/mol. The predicted molar refractivity (Wildman–Crippen MR) is 60.9 cm³/mol. The highest BCUT2D eigenvalue weighted by Crippen LogP contribution is 2.35. The fourth-order valence-electron chi connectivity index (χ4n) is 1.50. The van der Waals surface area contributed by atoms with E-state index >= 15 is 0 Å². The Balaban J connectivity index is 2.25. The van der Waals surface area contributed by atoms with Crippen molar-refractivity contribution in [2.45, 2.75) is 32.2 Å². The zero-order valence-corrected chi connectivity index (χ0v) is 10.8. The maximum absolute atomic E-state index is 13.5. The Morgan fingerprint density at radius 3 is 2.65 bits per heavy atom. The van der Waals surface area contributed by atoms with Crippen molar-refractivity contribution in [1.82, 2.24) is 4.98 Å². The predicted octanol–water partition coefficient (Wildman–Crippen LogP) is 2.29. The van der Waals surface area contributed by atoms with Crippen LogP contribution >= 0.6 is 11.3 Å². The Hall–Kier alpha value is -0.850. The molecule has 0 N–H and O–H groups in total. The van der Waals surface area contributed by atoms with Crippen LogP contribution in [0.2, 0.25) is 0 Å². The lowest BCUT2D eigenvalue weighted by Crippen LogP contribution is -2.25. The molecule has 2 heterocycles. The minimum absolute atomic E-state index is 0.146. The van der Waals surface area contributed by atoms with Gasteiger partial charge in [0.25, 0.3) is 0 Å². The minimum atomic E-state index is -1.91. The van der Waals surface area contributed by atoms with Gasteiger partial charge >= 0.3 is 0 Å². The standard InChI is InChI=1S/C11H14FNO3S/c1-10(2,12)8(14)9-13-6-7(17-9)11(3)15-4-5-16-11/h6H,4-5H2,1-3H3. The summed E-state index contributed by atoms with van der Waals surface area (Å²) in [6, 6.07) is 0. The second-order valence-corrected chi connectivity index (χ2v) is 5.50. The first-order valence-corrected chi connectivity index (χ1v) is 6.12. The van der Waals surface area contributed by atoms with E-state index in [0.717, 1.165) is 11.3 Å². The van der Waals surface area contributed by atoms with E-state index in [1.165, 1.54) is 20.0 Å². The van der Waals surface area contributed by atoms with E-state index < -0.39 is 17.2 Å². The Bertz CT molecular complexity index is 432. The number of thiazole rings is 1. The van der Waals surface area contributed by atoms with Crippen molar-refractivity contribution in [3.8, 4) is 0 Å². The Kier molecular flexibility index (Phi) is 3.05. The maximum Gasteiger partial charge on any atom is 0.227 e. The van der Waals surface area contributed by atoms with Crippen molar-refractivity contribution < 1.29 is 18.7 Å². The molecule has 0 aromatic carbocycles. The van der Waals surface area contributed by atoms with Gasteiger partial charge in [-0.3, -0.25) is 4.79 Å². The molecular formula is C11H14FNO3S. The van der Waals surface area contributed by atoms with Gasteiger partial charge in [0.15, 0.2) is 10.7 Å². The van der Waals surface area contributed by atoms with E-state index in [-0.39, 0.29) is 5.01 Å². The van der Waals surface area contributed by atoms with E-state index in [4.69, 9.17) is 9.47 Å². The molecule has 0 bridgehead atoms. The number of ketones is 1. The highest BCUT2D eigenvalue weighted by atomic mass is 32.1. The van der Waals surface area contributed by atoms with Gasteiger partial charge in [0, 0.05) is 6.20 Å². The molecule has 94 valence electrons. The van der Waals surface area contributed by atoms with Crippen molar-refractivity contribution in [3.63, 3.8) is 0 Å². The van der Waals surface area contributed by atoms with Crippen LogP contribution in [0, 0.1) is 0 Å². The molecule has 1 fully saturated rings. The average Bonchev–Trinajstić information content (AvgIpc) is 2.84. The maximum atomic E-state index is 13.5. The van der Waals surface area contributed by atoms with Crippen LogP contribution < -0.4 is 0 Å². The van der Waals surface area contributed by atoms with Gasteiger partial charge in [0.1, 0.15) is 0 Å². The topological polar surface area (TPSA) is 48.4 Å². The van der Waals surface area contributed by atoms with Crippen molar-refractivity contribution in [1.29, 1.82) is 0 Å². The van der Waals surface area contributed by atoms with Crippen molar-refractivity contribution in [3.05, 3.63) is 16.1 Å². The second-order valence-electron chi connectivity index (χ2n) is 4.47. The smallest absolute Gasteiger partial charge is 0.227 e. The third-order valence-electron chi connectivity index (χ3n) is 2.53. The normalized spacial score (nSPS) is 19.5. The molecule has 0 radical (unpaired) electrons. The van der Waals surface area contributed by atoms with Crippen LogP contribution in [0.15, 0.2) is 6.20 Å². The zero-order valence-electron chi connectivity index (χ0n) is 9.95. The average molecular weight is 259 g/mol. The number of alkyl halides is 1. The van der Waals surface area contributed by atoms with Gasteiger partial charge < -0.3 is 9.47 Å². The SMILES string of the molecule is CC(C)(F)C(=O)c1ncc(C2(C)OCCO2)s1. The van der Waals surface area contributed by atoms with Gasteiger partial charge in [0.05, 0.1) is 18.1 Å². The molecule has 0 amide bonds. The molecule has 1 aliphatic rings. The van der Waals surface area contributed by atoms with Crippen molar-refractivity contribution >= 4 is 17.1 Å². The summed E-state index contributed by atoms with van der Waals surface area (Å²) in [5.41, 5.74) is -1.91. The van der Waals surface area contributed by atoms with Crippen LogP contribution in [0.1, 0.15) is 35.5 Å². The molecule has 0 atom stereocenters. The molecule has 1 aliphatic heterocycles. The summed E-state index contributed by atoms with van der Waals surface area (Å²) in [5.74, 6) is -1.47. The lowest BCUT2D eigenvalue weighted by atomic mass is 10.1. The number of carbonyl (C=O) groups excluding carboxylic acids is 1. The summed E-state index contributed by atoms with van der Waals surface area (Å²) >= 11 is 1.11. The van der Waals surface area contributed by atoms with Crippen molar-refractivity contribution in [2.75, 3.05) is 13.2 Å². The van der Waals surface area contributed by atoms with E-state index in [0.29, 0.717) is 18.1 Å². The number of rotatable bonds is 3. The molecule has 0 spiro atoms. The summed E-state index contributed by atoms with van der Waals surface area (Å²) in [6.07, 6.45) is 1.51. The largest absolute Gasteiger partial charge is 0.343 e. The van der Waals surface area contributed by atoms with Crippen LogP contribution in [-0.2, 0) is 15.3 Å². The summed E-state index contributed by atoms with van der Waals surface area (Å²) in [4.78, 5) is 16.3. The third-order valence-corrected chi connectivity index (χ3v) is 3.71. The lowest BCUT2D eigenvalue weighted by molar-refractivity contribution is -0.147. The van der Waals surface area contributed by atoms with E-state index in [9.17, 15) is 9.18 Å². The van der Waals surface area contributed by atoms with Gasteiger partial charge in [0.2, 0.25) is 11.6 Å². The number of hydrogen-bond donors (Lipinski definition) is 0. The monoisotopic (exact) mass is 259 g/mol. The highest BCUT2D eigenvalue weighted by Gasteiger charge is 2.37. The number of carbonyl (C=O) groups is 1. The van der Waals surface area contributed by atoms with Crippen LogP contribution in [0.4, 0.5) is 4.39 Å². The van der Waals surface area contributed by atoms with Crippen LogP contribution in [0.5, 0.6) is 0 Å². The molecule has 2 rings (SSSR count). The summed E-state index contributed by atoms with van der Waals surface area (Å²) in [7, 11) is 0. The number of halogens is 1. The quantitative estimate of drug-likeness (QED) is 0.781. The number of hydrogen-bond acceptors (Lipinski definition) is 5. The van der Waals surface area contributed by atoms with Crippen LogP contribution in [-0.4, -0.2) is 29.6 Å². The summed E-state index contributed by atoms with van der Waals surface area (Å²) < 4.78 is 24.4. The van der Waals surface area contributed by atoms with Gasteiger partial charge in [-0.1, -0.05) is 0 Å². The number of nitrogens with zero attached hydrogens (tertiary/aromatic N) is 1. The summed E-state index contributed by atoms with van der Waals surface area (Å²) in [5, 5.41) is 0.146. The molecule has 0 aliphatic carbocycles. The third kappa shape index (κ3) is 2.38. The molecule has 1 saturated heterocycles. The van der Waals surface area contributed by atoms with Gasteiger partial charge in [-0.15, -0.1) is 11.3 Å². The molecule has 17 heavy (non-hydrogen) atoms. The molecule has 0 unspecified atom stereocenters. The van der Waals surface area contributed by atoms with Gasteiger partial charge in [-0.25, -0.2) is 9.37 Å². The van der Waals surface area contributed by atoms with Crippen molar-refractivity contribution in [2.24, 2.45) is 0 Å². The van der Waals surface area contributed by atoms with Crippen LogP contribution in [0.3, 0.4) is 0 Å². The lowest BCUT2D eigenvalue weighted by Gasteiger charge is -2.19. The van der Waals surface area contributed by atoms with Crippen LogP contribution in [0.25, 0.3) is 0 Å². The zero-order chi connectivity index (χ0) is 12.7. The Labute approximate surface area is 103 Å². The molecule has 6 heteroatoms. The van der Waals surface area contributed by atoms with E-state index in [2.05, 4.69) is 4.98 Å². The fourth-order valence-corrected chi connectivity index (χ4v) is 2.56. The molecule has 4 nitrogen and oxygen atoms in total. The second kappa shape index (κ2) is 4.12. The minimum Gasteiger partial charge on any atom is -0.343 e. The highest BCUT2D eigenvalue weighted by molar-refractivity contribution is 7.13. The first kappa shape index (κ1) is 12.6. The number of aromatic nitrogens is 1. The van der Waals surface area contributed by atoms with Gasteiger partial charge in [-0.05, 0) is 20.8 Å². The van der Waals surface area contributed by atoms with E-state index in [1.54, 1.807) is 6.92 Å². The first-order valence-electron chi connectivity index (χ1n) is 5.31. The van der Waals surface area contributed by atoms with Gasteiger partial charge in [-0.2, -0.15) is 0 Å². The molecule has 1 aromatic rings. The number of ether oxygens (including phenoxy) is 2. The molecule has 1 aromatic heterocycles. The van der Waals surface area contributed by atoms with E-state index in [1.807, 2.05) is 0 Å². The Morgan fingerprint density at radius 1 is 1.53 bits per heavy atom. The number of Topliss-reactive ketones (excluding diaryl/α,β-unsaturated/α-hetero) is 1. The Morgan fingerprint density at radius 2 is 2.12 bits per heavy atom. The summed E-state index contributed by atoms with van der Waals surface area (Å²) in [6.45, 7) is 5.22.